The number of guanidine groups is 1. The molecule has 0 saturated heterocycles. The molecule has 150 valence electrons. The summed E-state index contributed by atoms with van der Waals surface area (Å²) < 4.78 is 31.5. The fourth-order valence-electron chi connectivity index (χ4n) is 3.33. The number of carboxylic acid groups (broad SMARTS) is 1. The lowest BCUT2D eigenvalue weighted by molar-refractivity contribution is -0.142. The fraction of sp³-hybridized carbons (Fsp3) is 0.353. The first kappa shape index (κ1) is 20.3. The second-order valence-electron chi connectivity index (χ2n) is 6.67. The van der Waals surface area contributed by atoms with E-state index in [2.05, 4.69) is 19.5 Å². The van der Waals surface area contributed by atoms with Crippen LogP contribution in [-0.2, 0) is 14.8 Å². The standard InChI is InChI=1S/C17H20ClN5O4S/c18-22-17(19)21-15-9-20-8-11-7-13(5-6-14(11)15)28(26,27)23-12-3-1-10(2-4-12)16(24)25/h5-10,12,23H,1-4H2,(H,24,25)(H3,19,21,22). The van der Waals surface area contributed by atoms with Crippen molar-refractivity contribution in [1.82, 2.24) is 9.71 Å². The van der Waals surface area contributed by atoms with E-state index in [-0.39, 0.29) is 16.9 Å². The van der Waals surface area contributed by atoms with Gasteiger partial charge in [-0.05, 0) is 37.8 Å². The second kappa shape index (κ2) is 8.29. The van der Waals surface area contributed by atoms with Gasteiger partial charge in [-0.15, -0.1) is 4.51 Å². The summed E-state index contributed by atoms with van der Waals surface area (Å²) in [7, 11) is -3.74. The Kier molecular flexibility index (Phi) is 6.01. The normalized spacial score (nSPS) is 20.8. The number of hydrogen-bond acceptors (Lipinski definition) is 5. The summed E-state index contributed by atoms with van der Waals surface area (Å²) in [4.78, 5) is 15.2. The van der Waals surface area contributed by atoms with Gasteiger partial charge in [0.15, 0.2) is 0 Å². The zero-order chi connectivity index (χ0) is 20.3. The largest absolute Gasteiger partial charge is 0.481 e. The van der Waals surface area contributed by atoms with Gasteiger partial charge in [0.25, 0.3) is 0 Å². The number of nitrogens with zero attached hydrogens (tertiary/aromatic N) is 2. The molecule has 0 amide bonds. The molecular formula is C17H20ClN5O4S. The number of anilines is 1. The van der Waals surface area contributed by atoms with Crippen molar-refractivity contribution in [2.75, 3.05) is 5.32 Å². The van der Waals surface area contributed by atoms with Crippen molar-refractivity contribution in [3.63, 3.8) is 0 Å². The van der Waals surface area contributed by atoms with Gasteiger partial charge in [0.05, 0.1) is 22.7 Å². The number of nitrogens with two attached hydrogens (primary N) is 1. The fourth-order valence-corrected chi connectivity index (χ4v) is 4.71. The maximum atomic E-state index is 12.7. The minimum atomic E-state index is -3.74. The van der Waals surface area contributed by atoms with Crippen LogP contribution in [0.1, 0.15) is 25.7 Å². The number of halogens is 1. The summed E-state index contributed by atoms with van der Waals surface area (Å²) in [5.41, 5.74) is 6.11. The van der Waals surface area contributed by atoms with Gasteiger partial charge in [-0.25, -0.2) is 13.1 Å². The molecule has 3 rings (SSSR count). The van der Waals surface area contributed by atoms with Gasteiger partial charge in [0.2, 0.25) is 16.0 Å². The van der Waals surface area contributed by atoms with Crippen LogP contribution < -0.4 is 15.8 Å². The van der Waals surface area contributed by atoms with Gasteiger partial charge in [-0.2, -0.15) is 0 Å². The molecule has 0 aliphatic heterocycles. The highest BCUT2D eigenvalue weighted by Gasteiger charge is 2.29. The van der Waals surface area contributed by atoms with E-state index in [0.717, 1.165) is 0 Å². The van der Waals surface area contributed by atoms with Crippen LogP contribution in [0.4, 0.5) is 5.69 Å². The number of rotatable bonds is 5. The Balaban J connectivity index is 1.80. The Morgan fingerprint density at radius 3 is 2.61 bits per heavy atom. The van der Waals surface area contributed by atoms with Crippen molar-refractivity contribution in [2.45, 2.75) is 36.6 Å². The zero-order valence-electron chi connectivity index (χ0n) is 14.8. The maximum Gasteiger partial charge on any atom is 0.306 e. The third-order valence-electron chi connectivity index (χ3n) is 4.79. The molecule has 2 aromatic rings. The number of benzene rings is 1. The Labute approximate surface area is 167 Å². The van der Waals surface area contributed by atoms with Crippen molar-refractivity contribution in [2.24, 2.45) is 16.2 Å². The van der Waals surface area contributed by atoms with Gasteiger partial charge in [0, 0.05) is 34.8 Å². The van der Waals surface area contributed by atoms with Crippen molar-refractivity contribution in [3.05, 3.63) is 30.6 Å². The molecule has 11 heteroatoms. The molecule has 1 aliphatic rings. The molecule has 1 aromatic carbocycles. The number of hydrogen-bond donors (Lipinski definition) is 4. The highest BCUT2D eigenvalue weighted by Crippen LogP contribution is 2.28. The lowest BCUT2D eigenvalue weighted by Gasteiger charge is -2.26. The monoisotopic (exact) mass is 425 g/mol. The van der Waals surface area contributed by atoms with Gasteiger partial charge >= 0.3 is 5.97 Å². The first-order chi connectivity index (χ1) is 13.3. The quantitative estimate of drug-likeness (QED) is 0.423. The number of fused-ring (bicyclic) bond motifs is 1. The topological polar surface area (TPSA) is 147 Å². The van der Waals surface area contributed by atoms with Crippen molar-refractivity contribution >= 4 is 50.2 Å². The molecule has 1 fully saturated rings. The lowest BCUT2D eigenvalue weighted by atomic mass is 9.87. The number of carbonyl (C=O) groups is 1. The maximum absolute atomic E-state index is 12.7. The molecule has 0 bridgehead atoms. The van der Waals surface area contributed by atoms with Gasteiger partial charge in [-0.1, -0.05) is 6.07 Å². The molecular weight excluding hydrogens is 406 g/mol. The first-order valence-electron chi connectivity index (χ1n) is 8.64. The van der Waals surface area contributed by atoms with Crippen molar-refractivity contribution in [3.8, 4) is 0 Å². The van der Waals surface area contributed by atoms with E-state index in [1.807, 2.05) is 0 Å². The molecule has 0 unspecified atom stereocenters. The third kappa shape index (κ3) is 4.51. The number of aromatic nitrogens is 1. The average Bonchev–Trinajstić information content (AvgIpc) is 2.67. The van der Waals surface area contributed by atoms with Crippen LogP contribution in [0.3, 0.4) is 0 Å². The van der Waals surface area contributed by atoms with E-state index in [4.69, 9.17) is 22.6 Å². The molecule has 0 atom stereocenters. The Morgan fingerprint density at radius 1 is 1.25 bits per heavy atom. The van der Waals surface area contributed by atoms with Crippen LogP contribution in [0.5, 0.6) is 0 Å². The van der Waals surface area contributed by atoms with E-state index in [1.165, 1.54) is 18.3 Å². The molecule has 1 heterocycles. The molecule has 0 radical (unpaired) electrons. The van der Waals surface area contributed by atoms with Crippen LogP contribution >= 0.6 is 11.8 Å². The minimum Gasteiger partial charge on any atom is -0.481 e. The summed E-state index contributed by atoms with van der Waals surface area (Å²) in [6.07, 6.45) is 4.99. The molecule has 5 N–H and O–H groups in total. The van der Waals surface area contributed by atoms with Crippen LogP contribution in [0.2, 0.25) is 0 Å². The van der Waals surface area contributed by atoms with Crippen LogP contribution in [0.15, 0.2) is 40.0 Å². The number of pyridine rings is 1. The van der Waals surface area contributed by atoms with E-state index in [0.29, 0.717) is 42.1 Å². The van der Waals surface area contributed by atoms with Crippen LogP contribution in [-0.4, -0.2) is 36.5 Å². The van der Waals surface area contributed by atoms with Crippen molar-refractivity contribution in [1.29, 1.82) is 0 Å². The second-order valence-corrected chi connectivity index (χ2v) is 8.56. The SMILES string of the molecule is NC(=NCl)Nc1cncc2cc(S(=O)(=O)NC3CCC(C(=O)O)CC3)ccc12. The predicted octanol–water partition coefficient (Wildman–Crippen LogP) is 2.04. The Hall–Kier alpha value is -2.43. The average molecular weight is 426 g/mol. The number of nitrogens with one attached hydrogen (secondary N) is 2. The molecule has 28 heavy (non-hydrogen) atoms. The van der Waals surface area contributed by atoms with E-state index in [1.54, 1.807) is 12.3 Å². The molecule has 1 saturated carbocycles. The van der Waals surface area contributed by atoms with Crippen LogP contribution in [0, 0.1) is 5.92 Å². The summed E-state index contributed by atoms with van der Waals surface area (Å²) in [5.74, 6) is -1.23. The number of carboxylic acids is 1. The number of sulfonamides is 1. The minimum absolute atomic E-state index is 0.00806. The summed E-state index contributed by atoms with van der Waals surface area (Å²) in [5, 5.41) is 13.2. The van der Waals surface area contributed by atoms with E-state index in [9.17, 15) is 13.2 Å². The molecule has 1 aliphatic carbocycles. The van der Waals surface area contributed by atoms with Gasteiger partial charge < -0.3 is 16.2 Å². The lowest BCUT2D eigenvalue weighted by Crippen LogP contribution is -2.38. The molecule has 0 spiro atoms. The smallest absolute Gasteiger partial charge is 0.306 e. The summed E-state index contributed by atoms with van der Waals surface area (Å²) in [6.45, 7) is 0. The highest BCUT2D eigenvalue weighted by atomic mass is 35.5. The molecule has 1 aromatic heterocycles. The molecule has 9 nitrogen and oxygen atoms in total. The zero-order valence-corrected chi connectivity index (χ0v) is 16.4. The summed E-state index contributed by atoms with van der Waals surface area (Å²) in [6, 6.07) is 4.39. The van der Waals surface area contributed by atoms with Gasteiger partial charge in [0.1, 0.15) is 0 Å². The van der Waals surface area contributed by atoms with E-state index >= 15 is 0 Å². The van der Waals surface area contributed by atoms with Crippen molar-refractivity contribution < 1.29 is 18.3 Å². The van der Waals surface area contributed by atoms with E-state index < -0.39 is 21.9 Å². The first-order valence-corrected chi connectivity index (χ1v) is 10.5. The highest BCUT2D eigenvalue weighted by molar-refractivity contribution is 7.89. The Bertz CT molecular complexity index is 1020. The predicted molar refractivity (Wildman–Crippen MR) is 107 cm³/mol. The number of aliphatic carboxylic acids is 1. The van der Waals surface area contributed by atoms with Crippen LogP contribution in [0.25, 0.3) is 10.8 Å². The Morgan fingerprint density at radius 2 is 1.96 bits per heavy atom. The van der Waals surface area contributed by atoms with Gasteiger partial charge in [-0.3, -0.25) is 9.78 Å². The summed E-state index contributed by atoms with van der Waals surface area (Å²) >= 11 is 5.32. The third-order valence-corrected chi connectivity index (χ3v) is 6.49.